The predicted octanol–water partition coefficient (Wildman–Crippen LogP) is 1.90. The summed E-state index contributed by atoms with van der Waals surface area (Å²) in [6.45, 7) is 0. The Bertz CT molecular complexity index is 346. The second kappa shape index (κ2) is 3.81. The largest absolute Gasteiger partial charge is 0.496 e. The maximum atomic E-state index is 12.4. The highest BCUT2D eigenvalue weighted by Gasteiger charge is 2.19. The van der Waals surface area contributed by atoms with Crippen LogP contribution in [0.3, 0.4) is 0 Å². The first kappa shape index (κ1) is 9.39. The third kappa shape index (κ3) is 1.72. The summed E-state index contributed by atoms with van der Waals surface area (Å²) in [4.78, 5) is 3.51. The first-order valence-electron chi connectivity index (χ1n) is 3.41. The third-order valence-corrected chi connectivity index (χ3v) is 1.49. The van der Waals surface area contributed by atoms with Crippen LogP contribution in [0.2, 0.25) is 0 Å². The summed E-state index contributed by atoms with van der Waals surface area (Å²) >= 11 is 0. The van der Waals surface area contributed by atoms with E-state index in [4.69, 9.17) is 5.26 Å². The molecule has 0 atom stereocenters. The van der Waals surface area contributed by atoms with Crippen LogP contribution in [0, 0.1) is 11.3 Å². The fourth-order valence-corrected chi connectivity index (χ4v) is 0.933. The van der Waals surface area contributed by atoms with Crippen molar-refractivity contribution in [2.24, 2.45) is 0 Å². The zero-order chi connectivity index (χ0) is 9.84. The molecule has 0 radical (unpaired) electrons. The second-order valence-electron chi connectivity index (χ2n) is 2.19. The molecule has 0 spiro atoms. The lowest BCUT2D eigenvalue weighted by Crippen LogP contribution is -1.98. The van der Waals surface area contributed by atoms with Crippen molar-refractivity contribution in [1.82, 2.24) is 4.98 Å². The molecule has 5 heteroatoms. The molecule has 1 rings (SSSR count). The number of halogens is 2. The van der Waals surface area contributed by atoms with Gasteiger partial charge in [-0.3, -0.25) is 0 Å². The molecular weight excluding hydrogens is 178 g/mol. The maximum absolute atomic E-state index is 12.4. The number of methoxy groups -OCH3 is 1. The molecule has 1 heterocycles. The van der Waals surface area contributed by atoms with Gasteiger partial charge in [0, 0.05) is 6.20 Å². The lowest BCUT2D eigenvalue weighted by atomic mass is 10.2. The molecule has 1 aromatic heterocycles. The van der Waals surface area contributed by atoms with Gasteiger partial charge in [0.1, 0.15) is 11.8 Å². The van der Waals surface area contributed by atoms with Gasteiger partial charge in [-0.15, -0.1) is 0 Å². The summed E-state index contributed by atoms with van der Waals surface area (Å²) < 4.78 is 29.5. The van der Waals surface area contributed by atoms with Gasteiger partial charge in [-0.05, 0) is 6.07 Å². The highest BCUT2D eigenvalue weighted by atomic mass is 19.3. The first-order chi connectivity index (χ1) is 6.20. The molecule has 0 bridgehead atoms. The Morgan fingerprint density at radius 2 is 2.31 bits per heavy atom. The highest BCUT2D eigenvalue weighted by molar-refractivity contribution is 5.42. The van der Waals surface area contributed by atoms with Gasteiger partial charge in [-0.25, -0.2) is 13.8 Å². The van der Waals surface area contributed by atoms with Crippen molar-refractivity contribution < 1.29 is 13.5 Å². The van der Waals surface area contributed by atoms with Gasteiger partial charge in [0.15, 0.2) is 5.69 Å². The lowest BCUT2D eigenvalue weighted by Gasteiger charge is -2.07. The molecule has 0 aliphatic rings. The van der Waals surface area contributed by atoms with Crippen LogP contribution in [0.25, 0.3) is 0 Å². The topological polar surface area (TPSA) is 45.9 Å². The number of hydrogen-bond acceptors (Lipinski definition) is 3. The van der Waals surface area contributed by atoms with E-state index < -0.39 is 12.0 Å². The molecule has 68 valence electrons. The first-order valence-corrected chi connectivity index (χ1v) is 3.41. The molecule has 0 saturated heterocycles. The quantitative estimate of drug-likeness (QED) is 0.705. The fourth-order valence-electron chi connectivity index (χ4n) is 0.933. The molecule has 0 aromatic carbocycles. The normalized spacial score (nSPS) is 9.77. The van der Waals surface area contributed by atoms with Crippen molar-refractivity contribution in [3.05, 3.63) is 23.5 Å². The molecule has 0 N–H and O–H groups in total. The van der Waals surface area contributed by atoms with Crippen LogP contribution in [0.1, 0.15) is 17.7 Å². The van der Waals surface area contributed by atoms with Crippen LogP contribution in [-0.2, 0) is 0 Å². The smallest absolute Gasteiger partial charge is 0.270 e. The molecular formula is C8H6F2N2O. The summed E-state index contributed by atoms with van der Waals surface area (Å²) in [6, 6.07) is 2.87. The SMILES string of the molecule is COc1ccnc(C#N)c1C(F)F. The standard InChI is InChI=1S/C8H6F2N2O/c1-13-6-2-3-12-5(4-11)7(6)8(9)10/h2-3,8H,1H3. The van der Waals surface area contributed by atoms with Crippen LogP contribution in [0.15, 0.2) is 12.3 Å². The summed E-state index contributed by atoms with van der Waals surface area (Å²) in [7, 11) is 1.27. The van der Waals surface area contributed by atoms with Crippen LogP contribution in [-0.4, -0.2) is 12.1 Å². The van der Waals surface area contributed by atoms with E-state index in [2.05, 4.69) is 9.72 Å². The van der Waals surface area contributed by atoms with Crippen molar-refractivity contribution in [2.45, 2.75) is 6.43 Å². The Morgan fingerprint density at radius 1 is 1.62 bits per heavy atom. The van der Waals surface area contributed by atoms with Gasteiger partial charge in [-0.2, -0.15) is 5.26 Å². The predicted molar refractivity (Wildman–Crippen MR) is 40.5 cm³/mol. The van der Waals surface area contributed by atoms with E-state index in [1.165, 1.54) is 19.4 Å². The minimum absolute atomic E-state index is 0.0125. The fraction of sp³-hybridized carbons (Fsp3) is 0.250. The zero-order valence-corrected chi connectivity index (χ0v) is 6.79. The van der Waals surface area contributed by atoms with Crippen molar-refractivity contribution in [3.8, 4) is 11.8 Å². The molecule has 13 heavy (non-hydrogen) atoms. The van der Waals surface area contributed by atoms with Gasteiger partial charge in [0.2, 0.25) is 0 Å². The minimum Gasteiger partial charge on any atom is -0.496 e. The molecule has 0 unspecified atom stereocenters. The van der Waals surface area contributed by atoms with Crippen molar-refractivity contribution in [2.75, 3.05) is 7.11 Å². The second-order valence-corrected chi connectivity index (χ2v) is 2.19. The van der Waals surface area contributed by atoms with Crippen molar-refractivity contribution >= 4 is 0 Å². The molecule has 0 saturated carbocycles. The number of aromatic nitrogens is 1. The van der Waals surface area contributed by atoms with Gasteiger partial charge in [-0.1, -0.05) is 0 Å². The Hall–Kier alpha value is -1.70. The Kier molecular flexibility index (Phi) is 2.75. The number of pyridine rings is 1. The Morgan fingerprint density at radius 3 is 2.77 bits per heavy atom. The number of nitrogens with zero attached hydrogens (tertiary/aromatic N) is 2. The zero-order valence-electron chi connectivity index (χ0n) is 6.79. The Balaban J connectivity index is 3.32. The summed E-state index contributed by atoms with van der Waals surface area (Å²) in [5, 5.41) is 8.49. The van der Waals surface area contributed by atoms with E-state index in [1.807, 2.05) is 0 Å². The number of ether oxygens (including phenoxy) is 1. The van der Waals surface area contributed by atoms with E-state index in [1.54, 1.807) is 6.07 Å². The van der Waals surface area contributed by atoms with E-state index in [0.29, 0.717) is 0 Å². The molecule has 1 aromatic rings. The van der Waals surface area contributed by atoms with E-state index in [9.17, 15) is 8.78 Å². The van der Waals surface area contributed by atoms with Gasteiger partial charge >= 0.3 is 0 Å². The molecule has 0 aliphatic heterocycles. The number of nitriles is 1. The third-order valence-electron chi connectivity index (χ3n) is 1.49. The highest BCUT2D eigenvalue weighted by Crippen LogP contribution is 2.30. The van der Waals surface area contributed by atoms with E-state index in [0.717, 1.165) is 0 Å². The monoisotopic (exact) mass is 184 g/mol. The molecule has 0 fully saturated rings. The maximum Gasteiger partial charge on any atom is 0.270 e. The molecule has 0 aliphatic carbocycles. The van der Waals surface area contributed by atoms with Crippen LogP contribution < -0.4 is 4.74 Å². The lowest BCUT2D eigenvalue weighted by molar-refractivity contribution is 0.146. The van der Waals surface area contributed by atoms with Crippen LogP contribution in [0.5, 0.6) is 5.75 Å². The van der Waals surface area contributed by atoms with Gasteiger partial charge < -0.3 is 4.74 Å². The molecule has 0 amide bonds. The van der Waals surface area contributed by atoms with Gasteiger partial charge in [0.25, 0.3) is 6.43 Å². The van der Waals surface area contributed by atoms with Crippen LogP contribution in [0.4, 0.5) is 8.78 Å². The summed E-state index contributed by atoms with van der Waals surface area (Å²) in [5.74, 6) is -0.0125. The van der Waals surface area contributed by atoms with Gasteiger partial charge in [0.05, 0.1) is 12.7 Å². The average molecular weight is 184 g/mol. The Labute approximate surface area is 73.6 Å². The summed E-state index contributed by atoms with van der Waals surface area (Å²) in [6.07, 6.45) is -1.50. The number of rotatable bonds is 2. The summed E-state index contributed by atoms with van der Waals surface area (Å²) in [5.41, 5.74) is -0.748. The number of alkyl halides is 2. The van der Waals surface area contributed by atoms with Crippen LogP contribution >= 0.6 is 0 Å². The average Bonchev–Trinajstić information content (AvgIpc) is 2.16. The van der Waals surface area contributed by atoms with Crippen molar-refractivity contribution in [3.63, 3.8) is 0 Å². The van der Waals surface area contributed by atoms with E-state index >= 15 is 0 Å². The van der Waals surface area contributed by atoms with E-state index in [-0.39, 0.29) is 11.4 Å². The van der Waals surface area contributed by atoms with Crippen molar-refractivity contribution in [1.29, 1.82) is 5.26 Å². The number of hydrogen-bond donors (Lipinski definition) is 0. The molecule has 3 nitrogen and oxygen atoms in total. The minimum atomic E-state index is -2.75.